The molecule has 0 amide bonds. The fraction of sp³-hybridized carbons (Fsp3) is 0.923. The normalized spacial score (nSPS) is 14.9. The highest BCUT2D eigenvalue weighted by Crippen LogP contribution is 2.50. The van der Waals surface area contributed by atoms with E-state index in [4.69, 9.17) is 0 Å². The van der Waals surface area contributed by atoms with Crippen LogP contribution in [0.4, 0.5) is 26.3 Å². The Morgan fingerprint density at radius 1 is 1.05 bits per heavy atom. The smallest absolute Gasteiger partial charge is 0.413 e. The molecule has 0 spiro atoms. The van der Waals surface area contributed by atoms with Gasteiger partial charge in [-0.1, -0.05) is 33.1 Å². The molecule has 0 aromatic rings. The second-order valence-electron chi connectivity index (χ2n) is 5.14. The topological polar surface area (TPSA) is 26.3 Å². The van der Waals surface area contributed by atoms with Crippen LogP contribution in [0.1, 0.15) is 46.5 Å². The second kappa shape index (κ2) is 7.35. The standard InChI is InChI=1S/C13H20F6O2/c1-4-6-7-9(5-2)8-21-10(20)11(3,12(14,15)16)13(17,18)19/h9H,4-8H2,1-3H3/t9-/m0/s1. The lowest BCUT2D eigenvalue weighted by molar-refractivity contribution is -0.326. The average molecular weight is 322 g/mol. The Hall–Kier alpha value is -0.950. The first-order valence-corrected chi connectivity index (χ1v) is 6.72. The van der Waals surface area contributed by atoms with Crippen molar-refractivity contribution in [3.8, 4) is 0 Å². The van der Waals surface area contributed by atoms with Crippen molar-refractivity contribution < 1.29 is 35.9 Å². The maximum Gasteiger partial charge on any atom is 0.413 e. The Morgan fingerprint density at radius 3 is 1.86 bits per heavy atom. The van der Waals surface area contributed by atoms with Gasteiger partial charge in [-0.2, -0.15) is 26.3 Å². The van der Waals surface area contributed by atoms with Crippen molar-refractivity contribution >= 4 is 5.97 Å². The van der Waals surface area contributed by atoms with Gasteiger partial charge in [-0.25, -0.2) is 0 Å². The Balaban J connectivity index is 4.95. The SMILES string of the molecule is CCCC[C@H](CC)COC(=O)C(C)(C(F)(F)F)C(F)(F)F. The highest BCUT2D eigenvalue weighted by atomic mass is 19.4. The minimum atomic E-state index is -5.76. The monoisotopic (exact) mass is 322 g/mol. The van der Waals surface area contributed by atoms with E-state index in [1.165, 1.54) is 0 Å². The zero-order chi connectivity index (χ0) is 16.9. The molecule has 0 rings (SSSR count). The summed E-state index contributed by atoms with van der Waals surface area (Å²) < 4.78 is 80.2. The van der Waals surface area contributed by atoms with Crippen LogP contribution >= 0.6 is 0 Å². The zero-order valence-corrected chi connectivity index (χ0v) is 12.2. The van der Waals surface area contributed by atoms with Crippen LogP contribution in [0.5, 0.6) is 0 Å². The van der Waals surface area contributed by atoms with Gasteiger partial charge in [0.1, 0.15) is 0 Å². The zero-order valence-electron chi connectivity index (χ0n) is 12.2. The van der Waals surface area contributed by atoms with Gasteiger partial charge in [-0.3, -0.25) is 4.79 Å². The van der Waals surface area contributed by atoms with E-state index in [9.17, 15) is 31.1 Å². The van der Waals surface area contributed by atoms with Crippen LogP contribution in [0, 0.1) is 11.3 Å². The van der Waals surface area contributed by atoms with Gasteiger partial charge in [0.25, 0.3) is 5.41 Å². The van der Waals surface area contributed by atoms with Gasteiger partial charge in [0.2, 0.25) is 0 Å². The third-order valence-electron chi connectivity index (χ3n) is 3.54. The van der Waals surface area contributed by atoms with E-state index >= 15 is 0 Å². The van der Waals surface area contributed by atoms with Gasteiger partial charge in [0.15, 0.2) is 0 Å². The average Bonchev–Trinajstić information content (AvgIpc) is 2.34. The molecule has 126 valence electrons. The van der Waals surface area contributed by atoms with Crippen molar-refractivity contribution in [2.75, 3.05) is 6.61 Å². The molecule has 2 nitrogen and oxygen atoms in total. The van der Waals surface area contributed by atoms with Crippen LogP contribution < -0.4 is 0 Å². The van der Waals surface area contributed by atoms with Crippen LogP contribution in [0.25, 0.3) is 0 Å². The number of alkyl halides is 6. The third-order valence-corrected chi connectivity index (χ3v) is 3.54. The van der Waals surface area contributed by atoms with Crippen molar-refractivity contribution in [1.29, 1.82) is 0 Å². The molecular formula is C13H20F6O2. The molecule has 0 saturated carbocycles. The molecule has 0 heterocycles. The second-order valence-corrected chi connectivity index (χ2v) is 5.14. The Labute approximate surface area is 119 Å². The molecular weight excluding hydrogens is 302 g/mol. The fourth-order valence-electron chi connectivity index (χ4n) is 1.63. The predicted octanol–water partition coefficient (Wildman–Crippen LogP) is 4.88. The van der Waals surface area contributed by atoms with Crippen molar-refractivity contribution in [2.24, 2.45) is 11.3 Å². The Bertz CT molecular complexity index is 321. The summed E-state index contributed by atoms with van der Waals surface area (Å²) in [6, 6.07) is 0. The molecule has 8 heteroatoms. The quantitative estimate of drug-likeness (QED) is 0.493. The largest absolute Gasteiger partial charge is 0.464 e. The van der Waals surface area contributed by atoms with E-state index < -0.39 is 30.3 Å². The fourth-order valence-corrected chi connectivity index (χ4v) is 1.63. The van der Waals surface area contributed by atoms with Crippen molar-refractivity contribution in [3.05, 3.63) is 0 Å². The first kappa shape index (κ1) is 20.1. The van der Waals surface area contributed by atoms with Gasteiger partial charge >= 0.3 is 18.3 Å². The Kier molecular flexibility index (Phi) is 7.02. The molecule has 1 atom stereocenters. The van der Waals surface area contributed by atoms with Crippen LogP contribution in [-0.2, 0) is 9.53 Å². The molecule has 0 saturated heterocycles. The summed E-state index contributed by atoms with van der Waals surface area (Å²) in [5, 5.41) is 0. The summed E-state index contributed by atoms with van der Waals surface area (Å²) in [5.74, 6) is -2.53. The van der Waals surface area contributed by atoms with E-state index in [0.717, 1.165) is 12.8 Å². The number of hydrogen-bond acceptors (Lipinski definition) is 2. The number of ether oxygens (including phenoxy) is 1. The summed E-state index contributed by atoms with van der Waals surface area (Å²) in [4.78, 5) is 11.4. The van der Waals surface area contributed by atoms with Crippen molar-refractivity contribution in [1.82, 2.24) is 0 Å². The molecule has 0 aromatic carbocycles. The van der Waals surface area contributed by atoms with Gasteiger partial charge in [0, 0.05) is 0 Å². The van der Waals surface area contributed by atoms with Crippen molar-refractivity contribution in [3.63, 3.8) is 0 Å². The lowest BCUT2D eigenvalue weighted by Gasteiger charge is -2.32. The first-order valence-electron chi connectivity index (χ1n) is 6.72. The van der Waals surface area contributed by atoms with E-state index in [0.29, 0.717) is 12.8 Å². The number of carbonyl (C=O) groups is 1. The molecule has 0 aliphatic carbocycles. The molecule has 0 aliphatic rings. The highest BCUT2D eigenvalue weighted by Gasteiger charge is 2.73. The summed E-state index contributed by atoms with van der Waals surface area (Å²) in [6.45, 7) is 3.02. The highest BCUT2D eigenvalue weighted by molar-refractivity contribution is 5.78. The minimum absolute atomic E-state index is 0.192. The number of esters is 1. The molecule has 0 aliphatic heterocycles. The van der Waals surface area contributed by atoms with Crippen LogP contribution in [0.15, 0.2) is 0 Å². The summed E-state index contributed by atoms with van der Waals surface area (Å²) in [7, 11) is 0. The van der Waals surface area contributed by atoms with Gasteiger partial charge in [-0.05, 0) is 19.3 Å². The summed E-state index contributed by atoms with van der Waals surface area (Å²) >= 11 is 0. The number of carbonyl (C=O) groups excluding carboxylic acids is 1. The van der Waals surface area contributed by atoms with Gasteiger partial charge in [-0.15, -0.1) is 0 Å². The van der Waals surface area contributed by atoms with Crippen LogP contribution in [-0.4, -0.2) is 24.9 Å². The third kappa shape index (κ3) is 4.78. The van der Waals surface area contributed by atoms with E-state index in [1.807, 2.05) is 6.92 Å². The molecule has 21 heavy (non-hydrogen) atoms. The van der Waals surface area contributed by atoms with Crippen molar-refractivity contribution in [2.45, 2.75) is 58.8 Å². The minimum Gasteiger partial charge on any atom is -0.464 e. The van der Waals surface area contributed by atoms with E-state index in [1.54, 1.807) is 6.92 Å². The molecule has 0 bridgehead atoms. The van der Waals surface area contributed by atoms with E-state index in [-0.39, 0.29) is 12.8 Å². The maximum absolute atomic E-state index is 12.6. The van der Waals surface area contributed by atoms with Gasteiger partial charge < -0.3 is 4.74 Å². The summed E-state index contributed by atoms with van der Waals surface area (Å²) in [5.41, 5.74) is -4.50. The van der Waals surface area contributed by atoms with E-state index in [2.05, 4.69) is 4.74 Å². The number of halogens is 6. The predicted molar refractivity (Wildman–Crippen MR) is 64.5 cm³/mol. The molecule has 0 aromatic heterocycles. The summed E-state index contributed by atoms with van der Waals surface area (Å²) in [6.07, 6.45) is -8.79. The first-order chi connectivity index (χ1) is 9.41. The molecule has 0 radical (unpaired) electrons. The number of hydrogen-bond donors (Lipinski definition) is 0. The van der Waals surface area contributed by atoms with Crippen LogP contribution in [0.3, 0.4) is 0 Å². The van der Waals surface area contributed by atoms with Crippen LogP contribution in [0.2, 0.25) is 0 Å². The number of unbranched alkanes of at least 4 members (excludes halogenated alkanes) is 1. The number of rotatable bonds is 7. The van der Waals surface area contributed by atoms with Gasteiger partial charge in [0.05, 0.1) is 6.61 Å². The molecule has 0 unspecified atom stereocenters. The lowest BCUT2D eigenvalue weighted by Crippen LogP contribution is -2.54. The Morgan fingerprint density at radius 2 is 1.52 bits per heavy atom. The molecule has 0 N–H and O–H groups in total. The maximum atomic E-state index is 12.6. The lowest BCUT2D eigenvalue weighted by atomic mass is 9.89. The molecule has 0 fully saturated rings.